The molecule has 34 heavy (non-hydrogen) atoms. The third-order valence-corrected chi connectivity index (χ3v) is 6.51. The first kappa shape index (κ1) is 27.3. The van der Waals surface area contributed by atoms with Crippen LogP contribution < -0.4 is 9.62 Å². The van der Waals surface area contributed by atoms with Gasteiger partial charge in [0.1, 0.15) is 11.9 Å². The molecule has 0 saturated carbocycles. The number of anilines is 1. The van der Waals surface area contributed by atoms with Crippen LogP contribution in [0.3, 0.4) is 0 Å². The first-order chi connectivity index (χ1) is 16.0. The molecule has 0 aromatic heterocycles. The molecule has 9 heteroatoms. The third-order valence-electron chi connectivity index (χ3n) is 5.31. The van der Waals surface area contributed by atoms with E-state index in [1.807, 2.05) is 44.2 Å². The maximum atomic E-state index is 13.3. The van der Waals surface area contributed by atoms with Crippen LogP contribution in [0, 0.1) is 11.7 Å². The van der Waals surface area contributed by atoms with E-state index in [1.54, 1.807) is 6.92 Å². The summed E-state index contributed by atoms with van der Waals surface area (Å²) in [5, 5.41) is 2.87. The Morgan fingerprint density at radius 3 is 2.18 bits per heavy atom. The third kappa shape index (κ3) is 8.44. The number of rotatable bonds is 12. The number of halogens is 1. The number of carbonyl (C=O) groups is 2. The zero-order valence-electron chi connectivity index (χ0n) is 20.2. The average molecular weight is 492 g/mol. The number of nitrogens with one attached hydrogen (secondary N) is 1. The van der Waals surface area contributed by atoms with Crippen molar-refractivity contribution < 1.29 is 22.4 Å². The number of amides is 2. The molecule has 2 amide bonds. The molecule has 2 aromatic carbocycles. The molecule has 1 N–H and O–H groups in total. The van der Waals surface area contributed by atoms with E-state index < -0.39 is 21.9 Å². The van der Waals surface area contributed by atoms with Crippen molar-refractivity contribution in [3.8, 4) is 0 Å². The lowest BCUT2D eigenvalue weighted by molar-refractivity contribution is -0.140. The van der Waals surface area contributed by atoms with E-state index in [2.05, 4.69) is 5.32 Å². The molecule has 0 saturated heterocycles. The van der Waals surface area contributed by atoms with Gasteiger partial charge in [-0.25, -0.2) is 12.8 Å². The van der Waals surface area contributed by atoms with Crippen molar-refractivity contribution in [3.05, 3.63) is 66.0 Å². The molecule has 0 bridgehead atoms. The van der Waals surface area contributed by atoms with E-state index in [1.165, 1.54) is 29.2 Å². The van der Waals surface area contributed by atoms with Gasteiger partial charge in [-0.05, 0) is 49.1 Å². The summed E-state index contributed by atoms with van der Waals surface area (Å²) in [5.74, 6) is -0.665. The van der Waals surface area contributed by atoms with Crippen molar-refractivity contribution in [3.63, 3.8) is 0 Å². The van der Waals surface area contributed by atoms with Crippen molar-refractivity contribution in [1.29, 1.82) is 0 Å². The number of hydrogen-bond acceptors (Lipinski definition) is 4. The van der Waals surface area contributed by atoms with Crippen molar-refractivity contribution >= 4 is 27.5 Å². The molecular weight excluding hydrogens is 457 g/mol. The van der Waals surface area contributed by atoms with Gasteiger partial charge in [-0.2, -0.15) is 0 Å². The highest BCUT2D eigenvalue weighted by molar-refractivity contribution is 7.92. The topological polar surface area (TPSA) is 86.8 Å². The van der Waals surface area contributed by atoms with Crippen LogP contribution in [-0.2, 0) is 26.2 Å². The van der Waals surface area contributed by atoms with E-state index in [0.717, 1.165) is 16.1 Å². The largest absolute Gasteiger partial charge is 0.354 e. The molecule has 2 rings (SSSR count). The first-order valence-corrected chi connectivity index (χ1v) is 13.2. The lowest BCUT2D eigenvalue weighted by Crippen LogP contribution is -2.48. The van der Waals surface area contributed by atoms with Crippen molar-refractivity contribution in [2.45, 2.75) is 46.2 Å². The van der Waals surface area contributed by atoms with Gasteiger partial charge >= 0.3 is 0 Å². The highest BCUT2D eigenvalue weighted by atomic mass is 32.2. The smallest absolute Gasteiger partial charge is 0.242 e. The van der Waals surface area contributed by atoms with Crippen molar-refractivity contribution in [2.75, 3.05) is 23.7 Å². The molecule has 186 valence electrons. The highest BCUT2D eigenvalue weighted by Gasteiger charge is 2.26. The van der Waals surface area contributed by atoms with E-state index in [-0.39, 0.29) is 43.7 Å². The molecule has 1 atom stereocenters. The normalized spacial score (nSPS) is 12.3. The summed E-state index contributed by atoms with van der Waals surface area (Å²) in [4.78, 5) is 27.4. The summed E-state index contributed by atoms with van der Waals surface area (Å²) in [6, 6.07) is 13.9. The summed E-state index contributed by atoms with van der Waals surface area (Å²) in [6.07, 6.45) is 1.37. The molecule has 0 aliphatic rings. The minimum absolute atomic E-state index is 0.0574. The first-order valence-electron chi connectivity index (χ1n) is 11.3. The van der Waals surface area contributed by atoms with Crippen molar-refractivity contribution in [2.24, 2.45) is 5.92 Å². The van der Waals surface area contributed by atoms with Gasteiger partial charge in [0.15, 0.2) is 0 Å². The van der Waals surface area contributed by atoms with Crippen LogP contribution in [0.1, 0.15) is 39.2 Å². The molecular formula is C25H34FN3O4S. The van der Waals surface area contributed by atoms with Crippen LogP contribution in [-0.4, -0.2) is 50.5 Å². The standard InChI is InChI=1S/C25H34FN3O4S/c1-19(2)17-27-25(31)20(3)28(18-21-9-6-5-7-10-21)24(30)11-8-16-29(34(4,32)33)23-14-12-22(26)13-15-23/h5-7,9-10,12-15,19-20H,8,11,16-18H2,1-4H3,(H,27,31)/t20-/m1/s1. The van der Waals surface area contributed by atoms with E-state index in [9.17, 15) is 22.4 Å². The number of benzene rings is 2. The molecule has 0 aliphatic carbocycles. The number of nitrogens with zero attached hydrogens (tertiary/aromatic N) is 2. The maximum Gasteiger partial charge on any atom is 0.242 e. The molecule has 0 unspecified atom stereocenters. The Morgan fingerprint density at radius 1 is 1.00 bits per heavy atom. The van der Waals surface area contributed by atoms with Crippen LogP contribution in [0.2, 0.25) is 0 Å². The summed E-state index contributed by atoms with van der Waals surface area (Å²) < 4.78 is 39.0. The minimum atomic E-state index is -3.62. The summed E-state index contributed by atoms with van der Waals surface area (Å²) in [5.41, 5.74) is 1.22. The van der Waals surface area contributed by atoms with Crippen LogP contribution in [0.25, 0.3) is 0 Å². The van der Waals surface area contributed by atoms with E-state index in [0.29, 0.717) is 12.2 Å². The van der Waals surface area contributed by atoms with Gasteiger partial charge in [0, 0.05) is 26.1 Å². The highest BCUT2D eigenvalue weighted by Crippen LogP contribution is 2.19. The Labute approximate surface area is 202 Å². The monoisotopic (exact) mass is 491 g/mol. The molecule has 7 nitrogen and oxygen atoms in total. The summed E-state index contributed by atoms with van der Waals surface area (Å²) >= 11 is 0. The van der Waals surface area contributed by atoms with Gasteiger partial charge in [0.25, 0.3) is 0 Å². The summed E-state index contributed by atoms with van der Waals surface area (Å²) in [7, 11) is -3.62. The SMILES string of the molecule is CC(C)CNC(=O)[C@@H](C)N(Cc1ccccc1)C(=O)CCCN(c1ccc(F)cc1)S(C)(=O)=O. The maximum absolute atomic E-state index is 13.3. The Bertz CT molecular complexity index is 1040. The van der Waals surface area contributed by atoms with Gasteiger partial charge in [0.05, 0.1) is 11.9 Å². The van der Waals surface area contributed by atoms with Crippen LogP contribution in [0.5, 0.6) is 0 Å². The molecule has 0 spiro atoms. The Balaban J connectivity index is 2.12. The average Bonchev–Trinajstić information content (AvgIpc) is 2.78. The minimum Gasteiger partial charge on any atom is -0.354 e. The Kier molecular flexibility index (Phi) is 10.0. The van der Waals surface area contributed by atoms with Gasteiger partial charge < -0.3 is 10.2 Å². The Morgan fingerprint density at radius 2 is 1.62 bits per heavy atom. The molecule has 0 radical (unpaired) electrons. The fourth-order valence-corrected chi connectivity index (χ4v) is 4.39. The quantitative estimate of drug-likeness (QED) is 0.492. The fourth-order valence-electron chi connectivity index (χ4n) is 3.43. The number of sulfonamides is 1. The lowest BCUT2D eigenvalue weighted by atomic mass is 10.1. The van der Waals surface area contributed by atoms with E-state index in [4.69, 9.17) is 0 Å². The predicted octanol–water partition coefficient (Wildman–Crippen LogP) is 3.56. The second-order valence-corrected chi connectivity index (χ2v) is 10.6. The summed E-state index contributed by atoms with van der Waals surface area (Å²) in [6.45, 7) is 6.52. The lowest BCUT2D eigenvalue weighted by Gasteiger charge is -2.29. The van der Waals surface area contributed by atoms with Gasteiger partial charge in [-0.3, -0.25) is 13.9 Å². The zero-order chi connectivity index (χ0) is 25.3. The van der Waals surface area contributed by atoms with Crippen LogP contribution in [0.15, 0.2) is 54.6 Å². The predicted molar refractivity (Wildman–Crippen MR) is 132 cm³/mol. The Hall–Kier alpha value is -2.94. The molecule has 0 fully saturated rings. The second kappa shape index (κ2) is 12.5. The van der Waals surface area contributed by atoms with Gasteiger partial charge in [0.2, 0.25) is 21.8 Å². The van der Waals surface area contributed by atoms with Gasteiger partial charge in [-0.1, -0.05) is 44.2 Å². The molecule has 2 aromatic rings. The fraction of sp³-hybridized carbons (Fsp3) is 0.440. The van der Waals surface area contributed by atoms with E-state index >= 15 is 0 Å². The van der Waals surface area contributed by atoms with Gasteiger partial charge in [-0.15, -0.1) is 0 Å². The van der Waals surface area contributed by atoms with Crippen molar-refractivity contribution in [1.82, 2.24) is 10.2 Å². The zero-order valence-corrected chi connectivity index (χ0v) is 21.0. The van der Waals surface area contributed by atoms with Crippen LogP contribution >= 0.6 is 0 Å². The number of carbonyl (C=O) groups excluding carboxylic acids is 2. The molecule has 0 heterocycles. The molecule has 0 aliphatic heterocycles. The number of hydrogen-bond donors (Lipinski definition) is 1. The second-order valence-electron chi connectivity index (χ2n) is 8.74. The van der Waals surface area contributed by atoms with Crippen LogP contribution in [0.4, 0.5) is 10.1 Å².